The van der Waals surface area contributed by atoms with Crippen LogP contribution in [0, 0.1) is 0 Å². The molecule has 0 aromatic carbocycles. The Balaban J connectivity index is 4.19. The minimum atomic E-state index is -0.785. The topological polar surface area (TPSA) is 78.9 Å². The molecule has 0 spiro atoms. The number of rotatable bonds is 62. The fourth-order valence-corrected chi connectivity index (χ4v) is 9.76. The Bertz CT molecular complexity index is 1440. The van der Waals surface area contributed by atoms with Gasteiger partial charge in [0.1, 0.15) is 13.2 Å². The number of carbonyl (C=O) groups is 3. The lowest BCUT2D eigenvalue weighted by Gasteiger charge is -2.18. The van der Waals surface area contributed by atoms with Crippen LogP contribution >= 0.6 is 0 Å². The Morgan fingerprint density at radius 3 is 0.769 bits per heavy atom. The predicted octanol–water partition coefficient (Wildman–Crippen LogP) is 23.3. The molecule has 0 aliphatic heterocycles. The number of hydrogen-bond acceptors (Lipinski definition) is 6. The summed E-state index contributed by atoms with van der Waals surface area (Å²) in [4.78, 5) is 38.3. The van der Waals surface area contributed by atoms with Crippen LogP contribution < -0.4 is 0 Å². The molecule has 0 amide bonds. The Kier molecular flexibility index (Phi) is 63.7. The molecule has 0 aliphatic rings. The minimum absolute atomic E-state index is 0.0807. The zero-order chi connectivity index (χ0) is 56.4. The highest BCUT2D eigenvalue weighted by Gasteiger charge is 2.19. The number of ether oxygens (including phenoxy) is 3. The molecule has 0 aromatic rings. The molecule has 6 nitrogen and oxygen atoms in total. The number of hydrogen-bond donors (Lipinski definition) is 0. The van der Waals surface area contributed by atoms with Crippen LogP contribution in [-0.2, 0) is 28.6 Å². The van der Waals surface area contributed by atoms with Gasteiger partial charge in [-0.25, -0.2) is 0 Å². The van der Waals surface area contributed by atoms with Gasteiger partial charge in [0.2, 0.25) is 0 Å². The number of unbranched alkanes of at least 4 members (excludes halogenated alkanes) is 39. The monoisotopic (exact) mass is 1090 g/mol. The van der Waals surface area contributed by atoms with Crippen molar-refractivity contribution in [2.75, 3.05) is 13.2 Å². The van der Waals surface area contributed by atoms with Crippen LogP contribution in [0.5, 0.6) is 0 Å². The molecule has 1 atom stereocenters. The summed E-state index contributed by atoms with van der Waals surface area (Å²) < 4.78 is 16.9. The lowest BCUT2D eigenvalue weighted by Crippen LogP contribution is -2.30. The first-order chi connectivity index (χ1) is 38.5. The second-order valence-corrected chi connectivity index (χ2v) is 22.7. The van der Waals surface area contributed by atoms with Crippen molar-refractivity contribution in [1.29, 1.82) is 0 Å². The van der Waals surface area contributed by atoms with Crippen LogP contribution in [0.4, 0.5) is 0 Å². The van der Waals surface area contributed by atoms with Crippen molar-refractivity contribution < 1.29 is 28.6 Å². The van der Waals surface area contributed by atoms with E-state index in [1.54, 1.807) is 0 Å². The van der Waals surface area contributed by atoms with Crippen molar-refractivity contribution in [3.8, 4) is 0 Å². The van der Waals surface area contributed by atoms with Crippen molar-refractivity contribution in [2.24, 2.45) is 0 Å². The van der Waals surface area contributed by atoms with E-state index >= 15 is 0 Å². The maximum absolute atomic E-state index is 12.9. The van der Waals surface area contributed by atoms with Gasteiger partial charge in [0, 0.05) is 19.3 Å². The van der Waals surface area contributed by atoms with Crippen LogP contribution in [0.25, 0.3) is 0 Å². The highest BCUT2D eigenvalue weighted by atomic mass is 16.6. The van der Waals surface area contributed by atoms with Crippen LogP contribution in [0.3, 0.4) is 0 Å². The second-order valence-electron chi connectivity index (χ2n) is 22.7. The van der Waals surface area contributed by atoms with Crippen molar-refractivity contribution in [3.63, 3.8) is 0 Å². The standard InChI is InChI=1S/C72H128O6/c1-4-7-10-13-16-19-22-25-28-29-30-31-32-33-34-35-36-37-38-39-40-41-42-43-45-47-50-53-56-59-62-65-71(74)77-68-69(67-76-70(73)64-61-58-55-52-49-46-27-24-21-18-15-12-9-6-3)78-72(75)66-63-60-57-54-51-48-44-26-23-20-17-14-11-8-5-2/h15,18,22,24-27,29-30,32-33,44,69H,4-14,16-17,19-21,23,28,31,34-43,45-68H2,1-3H3/b18-15-,25-22-,27-24-,30-29-,33-32-,44-26-. The molecule has 78 heavy (non-hydrogen) atoms. The Morgan fingerprint density at radius 2 is 0.474 bits per heavy atom. The third-order valence-electron chi connectivity index (χ3n) is 14.9. The molecule has 0 radical (unpaired) electrons. The number of allylic oxidation sites excluding steroid dienone is 12. The SMILES string of the molecule is CCCC/C=C\C/C=C\CCCCCCCC(=O)OCC(COC(=O)CCCCCCCCCCCCCCCCCC/C=C\C/C=C\C/C=C\CCCCCCC)OC(=O)CCCCCCC/C=C\CCCCCCCC. The first-order valence-electron chi connectivity index (χ1n) is 33.9. The van der Waals surface area contributed by atoms with E-state index in [1.165, 1.54) is 205 Å². The fourth-order valence-electron chi connectivity index (χ4n) is 9.76. The summed E-state index contributed by atoms with van der Waals surface area (Å²) in [6.45, 7) is 6.60. The van der Waals surface area contributed by atoms with Gasteiger partial charge in [-0.05, 0) is 109 Å². The summed E-state index contributed by atoms with van der Waals surface area (Å²) in [7, 11) is 0. The van der Waals surface area contributed by atoms with Crippen molar-refractivity contribution >= 4 is 17.9 Å². The summed E-state index contributed by atoms with van der Waals surface area (Å²) in [6.07, 6.45) is 86.4. The average molecular weight is 1090 g/mol. The van der Waals surface area contributed by atoms with Crippen molar-refractivity contribution in [1.82, 2.24) is 0 Å². The van der Waals surface area contributed by atoms with Gasteiger partial charge in [-0.1, -0.05) is 293 Å². The molecule has 0 aliphatic carbocycles. The minimum Gasteiger partial charge on any atom is -0.462 e. The summed E-state index contributed by atoms with van der Waals surface area (Å²) in [5.74, 6) is -0.888. The molecule has 0 saturated carbocycles. The Hall–Kier alpha value is -3.15. The summed E-state index contributed by atoms with van der Waals surface area (Å²) in [5.41, 5.74) is 0. The normalized spacial score (nSPS) is 12.5. The zero-order valence-corrected chi connectivity index (χ0v) is 51.9. The second kappa shape index (κ2) is 66.4. The van der Waals surface area contributed by atoms with E-state index in [4.69, 9.17) is 14.2 Å². The largest absolute Gasteiger partial charge is 0.462 e. The molecule has 6 heteroatoms. The third kappa shape index (κ3) is 63.7. The molecule has 1 unspecified atom stereocenters. The van der Waals surface area contributed by atoms with Gasteiger partial charge in [0.15, 0.2) is 6.10 Å². The summed E-state index contributed by atoms with van der Waals surface area (Å²) in [5, 5.41) is 0. The molecule has 0 N–H and O–H groups in total. The maximum Gasteiger partial charge on any atom is 0.306 e. The van der Waals surface area contributed by atoms with Gasteiger partial charge in [0.25, 0.3) is 0 Å². The fraction of sp³-hybridized carbons (Fsp3) is 0.792. The van der Waals surface area contributed by atoms with Gasteiger partial charge >= 0.3 is 17.9 Å². The van der Waals surface area contributed by atoms with Crippen molar-refractivity contribution in [3.05, 3.63) is 72.9 Å². The van der Waals surface area contributed by atoms with Gasteiger partial charge < -0.3 is 14.2 Å². The third-order valence-corrected chi connectivity index (χ3v) is 14.9. The highest BCUT2D eigenvalue weighted by Crippen LogP contribution is 2.17. The first kappa shape index (κ1) is 74.8. The van der Waals surface area contributed by atoms with Crippen LogP contribution in [-0.4, -0.2) is 37.2 Å². The molecule has 452 valence electrons. The van der Waals surface area contributed by atoms with Gasteiger partial charge in [0.05, 0.1) is 0 Å². The molecule has 0 heterocycles. The summed E-state index contributed by atoms with van der Waals surface area (Å²) in [6, 6.07) is 0. The van der Waals surface area contributed by atoms with E-state index in [0.717, 1.165) is 103 Å². The van der Waals surface area contributed by atoms with Crippen LogP contribution in [0.1, 0.15) is 348 Å². The number of carbonyl (C=O) groups excluding carboxylic acids is 3. The average Bonchev–Trinajstić information content (AvgIpc) is 3.44. The van der Waals surface area contributed by atoms with E-state index in [0.29, 0.717) is 19.3 Å². The van der Waals surface area contributed by atoms with E-state index in [-0.39, 0.29) is 31.1 Å². The highest BCUT2D eigenvalue weighted by molar-refractivity contribution is 5.71. The van der Waals surface area contributed by atoms with Gasteiger partial charge in [-0.2, -0.15) is 0 Å². The molecule has 0 bridgehead atoms. The Labute approximate surface area is 484 Å². The van der Waals surface area contributed by atoms with Crippen LogP contribution in [0.2, 0.25) is 0 Å². The number of esters is 3. The van der Waals surface area contributed by atoms with Gasteiger partial charge in [-0.3, -0.25) is 14.4 Å². The molecule has 0 saturated heterocycles. The smallest absolute Gasteiger partial charge is 0.306 e. The molecule has 0 fully saturated rings. The molecule has 0 rings (SSSR count). The quantitative estimate of drug-likeness (QED) is 0.0261. The van der Waals surface area contributed by atoms with E-state index in [9.17, 15) is 14.4 Å². The van der Waals surface area contributed by atoms with E-state index in [1.807, 2.05) is 0 Å². The van der Waals surface area contributed by atoms with Crippen LogP contribution in [0.15, 0.2) is 72.9 Å². The zero-order valence-electron chi connectivity index (χ0n) is 51.9. The molecular formula is C72H128O6. The predicted molar refractivity (Wildman–Crippen MR) is 339 cm³/mol. The van der Waals surface area contributed by atoms with Gasteiger partial charge in [-0.15, -0.1) is 0 Å². The maximum atomic E-state index is 12.9. The summed E-state index contributed by atoms with van der Waals surface area (Å²) >= 11 is 0. The molecule has 0 aromatic heterocycles. The Morgan fingerprint density at radius 1 is 0.256 bits per heavy atom. The van der Waals surface area contributed by atoms with Crippen molar-refractivity contribution in [2.45, 2.75) is 354 Å². The van der Waals surface area contributed by atoms with E-state index in [2.05, 4.69) is 93.7 Å². The first-order valence-corrected chi connectivity index (χ1v) is 33.9. The lowest BCUT2D eigenvalue weighted by molar-refractivity contribution is -0.167. The lowest BCUT2D eigenvalue weighted by atomic mass is 10.0. The van der Waals surface area contributed by atoms with E-state index < -0.39 is 6.10 Å². The molecular weight excluding hydrogens is 961 g/mol.